The van der Waals surface area contributed by atoms with Gasteiger partial charge in [-0.25, -0.2) is 4.98 Å². The van der Waals surface area contributed by atoms with E-state index in [0.29, 0.717) is 29.6 Å². The zero-order valence-electron chi connectivity index (χ0n) is 19.3. The number of para-hydroxylation sites is 3. The number of ether oxygens (including phenoxy) is 2. The van der Waals surface area contributed by atoms with Gasteiger partial charge in [-0.05, 0) is 55.8 Å². The molecule has 0 unspecified atom stereocenters. The van der Waals surface area contributed by atoms with Gasteiger partial charge >= 0.3 is 0 Å². The number of hydrogen-bond donors (Lipinski definition) is 2. The molecular formula is C27H26N4O3. The van der Waals surface area contributed by atoms with Crippen molar-refractivity contribution < 1.29 is 14.3 Å². The Hall–Kier alpha value is -4.26. The molecule has 2 N–H and O–H groups in total. The van der Waals surface area contributed by atoms with Gasteiger partial charge in [0.1, 0.15) is 0 Å². The maximum Gasteiger partial charge on any atom is 0.255 e. The van der Waals surface area contributed by atoms with Crippen LogP contribution in [0.3, 0.4) is 0 Å². The van der Waals surface area contributed by atoms with E-state index in [1.165, 1.54) is 0 Å². The molecule has 0 spiro atoms. The minimum Gasteiger partial charge on any atom is -0.493 e. The van der Waals surface area contributed by atoms with Gasteiger partial charge in [-0.15, -0.1) is 0 Å². The van der Waals surface area contributed by atoms with E-state index in [2.05, 4.69) is 15.2 Å². The summed E-state index contributed by atoms with van der Waals surface area (Å²) in [5, 5.41) is 6.39. The summed E-state index contributed by atoms with van der Waals surface area (Å²) in [5.41, 5.74) is 4.76. The molecule has 1 atom stereocenters. The lowest BCUT2D eigenvalue weighted by molar-refractivity contribution is -0.113. The summed E-state index contributed by atoms with van der Waals surface area (Å²) < 4.78 is 13.4. The zero-order valence-corrected chi connectivity index (χ0v) is 19.3. The number of imidazole rings is 1. The Morgan fingerprint density at radius 2 is 1.82 bits per heavy atom. The third-order valence-corrected chi connectivity index (χ3v) is 5.91. The molecule has 1 amide bonds. The van der Waals surface area contributed by atoms with E-state index in [-0.39, 0.29) is 5.91 Å². The number of allylic oxidation sites excluding steroid dienone is 1. The molecule has 7 heteroatoms. The van der Waals surface area contributed by atoms with Crippen LogP contribution in [-0.4, -0.2) is 29.2 Å². The Bertz CT molecular complexity index is 1390. The minimum absolute atomic E-state index is 0.183. The Morgan fingerprint density at radius 3 is 2.59 bits per heavy atom. The van der Waals surface area contributed by atoms with Crippen LogP contribution in [0.25, 0.3) is 11.0 Å². The molecule has 1 aliphatic heterocycles. The molecule has 0 fully saturated rings. The number of rotatable bonds is 6. The van der Waals surface area contributed by atoms with Crippen LogP contribution in [0, 0.1) is 0 Å². The van der Waals surface area contributed by atoms with E-state index in [1.54, 1.807) is 7.11 Å². The SMILES string of the molecule is CCOc1ccc([C@@H]2C(C(=O)Nc3ccccc3)=C(C)Nc3nc4ccccc4n32)cc1OC. The molecule has 0 aliphatic carbocycles. The number of methoxy groups -OCH3 is 1. The number of aromatic nitrogens is 2. The predicted octanol–water partition coefficient (Wildman–Crippen LogP) is 5.37. The predicted molar refractivity (Wildman–Crippen MR) is 133 cm³/mol. The molecule has 4 aromatic rings. The van der Waals surface area contributed by atoms with Crippen LogP contribution >= 0.6 is 0 Å². The Balaban J connectivity index is 1.68. The van der Waals surface area contributed by atoms with Gasteiger partial charge in [0.15, 0.2) is 11.5 Å². The minimum atomic E-state index is -0.420. The summed E-state index contributed by atoms with van der Waals surface area (Å²) >= 11 is 0. The molecular weight excluding hydrogens is 428 g/mol. The smallest absolute Gasteiger partial charge is 0.255 e. The maximum absolute atomic E-state index is 13.7. The highest BCUT2D eigenvalue weighted by Gasteiger charge is 2.34. The average Bonchev–Trinajstić information content (AvgIpc) is 3.22. The molecule has 5 rings (SSSR count). The first kappa shape index (κ1) is 21.6. The molecule has 172 valence electrons. The first-order valence-electron chi connectivity index (χ1n) is 11.2. The van der Waals surface area contributed by atoms with Crippen molar-refractivity contribution in [3.63, 3.8) is 0 Å². The number of anilines is 2. The quantitative estimate of drug-likeness (QED) is 0.410. The van der Waals surface area contributed by atoms with Crippen molar-refractivity contribution >= 4 is 28.6 Å². The van der Waals surface area contributed by atoms with Gasteiger partial charge in [-0.3, -0.25) is 9.36 Å². The van der Waals surface area contributed by atoms with Crippen molar-refractivity contribution in [1.82, 2.24) is 9.55 Å². The molecule has 2 heterocycles. The number of benzene rings is 3. The summed E-state index contributed by atoms with van der Waals surface area (Å²) in [6.07, 6.45) is 0. The average molecular weight is 455 g/mol. The van der Waals surface area contributed by atoms with E-state index in [1.807, 2.05) is 86.6 Å². The van der Waals surface area contributed by atoms with Crippen molar-refractivity contribution in [3.05, 3.63) is 89.6 Å². The summed E-state index contributed by atoms with van der Waals surface area (Å²) in [5.74, 6) is 1.78. The second-order valence-electron chi connectivity index (χ2n) is 8.02. The summed E-state index contributed by atoms with van der Waals surface area (Å²) in [6, 6.07) is 22.7. The molecule has 7 nitrogen and oxygen atoms in total. The summed E-state index contributed by atoms with van der Waals surface area (Å²) in [6.45, 7) is 4.37. The van der Waals surface area contributed by atoms with Crippen LogP contribution in [-0.2, 0) is 4.79 Å². The van der Waals surface area contributed by atoms with Crippen molar-refractivity contribution in [2.24, 2.45) is 0 Å². The van der Waals surface area contributed by atoms with Crippen molar-refractivity contribution in [3.8, 4) is 11.5 Å². The van der Waals surface area contributed by atoms with Crippen LogP contribution < -0.4 is 20.1 Å². The van der Waals surface area contributed by atoms with Crippen LogP contribution in [0.2, 0.25) is 0 Å². The maximum atomic E-state index is 13.7. The fraction of sp³-hybridized carbons (Fsp3) is 0.185. The van der Waals surface area contributed by atoms with Crippen molar-refractivity contribution in [1.29, 1.82) is 0 Å². The molecule has 0 bridgehead atoms. The van der Waals surface area contributed by atoms with Gasteiger partial charge < -0.3 is 20.1 Å². The number of carbonyl (C=O) groups is 1. The third-order valence-electron chi connectivity index (χ3n) is 5.91. The van der Waals surface area contributed by atoms with E-state index < -0.39 is 6.04 Å². The van der Waals surface area contributed by atoms with Gasteiger partial charge in [-0.1, -0.05) is 36.4 Å². The number of carbonyl (C=O) groups excluding carboxylic acids is 1. The number of nitrogens with zero attached hydrogens (tertiary/aromatic N) is 2. The highest BCUT2D eigenvalue weighted by Crippen LogP contribution is 2.41. The van der Waals surface area contributed by atoms with Gasteiger partial charge in [0.25, 0.3) is 5.91 Å². The first-order chi connectivity index (χ1) is 16.6. The van der Waals surface area contributed by atoms with Crippen molar-refractivity contribution in [2.75, 3.05) is 24.4 Å². The van der Waals surface area contributed by atoms with Gasteiger partial charge in [0.2, 0.25) is 5.95 Å². The molecule has 1 aromatic heterocycles. The topological polar surface area (TPSA) is 77.4 Å². The molecule has 1 aliphatic rings. The van der Waals surface area contributed by atoms with E-state index in [9.17, 15) is 4.79 Å². The summed E-state index contributed by atoms with van der Waals surface area (Å²) in [4.78, 5) is 18.4. The van der Waals surface area contributed by atoms with Crippen LogP contribution in [0.4, 0.5) is 11.6 Å². The molecule has 0 radical (unpaired) electrons. The second-order valence-corrected chi connectivity index (χ2v) is 8.02. The number of fused-ring (bicyclic) bond motifs is 3. The fourth-order valence-corrected chi connectivity index (χ4v) is 4.42. The van der Waals surface area contributed by atoms with E-state index in [4.69, 9.17) is 14.5 Å². The molecule has 0 saturated carbocycles. The van der Waals surface area contributed by atoms with Crippen LogP contribution in [0.1, 0.15) is 25.5 Å². The monoisotopic (exact) mass is 454 g/mol. The lowest BCUT2D eigenvalue weighted by Crippen LogP contribution is -2.31. The second kappa shape index (κ2) is 8.94. The highest BCUT2D eigenvalue weighted by molar-refractivity contribution is 6.06. The van der Waals surface area contributed by atoms with Gasteiger partial charge in [-0.2, -0.15) is 0 Å². The first-order valence-corrected chi connectivity index (χ1v) is 11.2. The van der Waals surface area contributed by atoms with E-state index >= 15 is 0 Å². The van der Waals surface area contributed by atoms with E-state index in [0.717, 1.165) is 28.0 Å². The normalized spacial score (nSPS) is 15.0. The summed E-state index contributed by atoms with van der Waals surface area (Å²) in [7, 11) is 1.62. The Morgan fingerprint density at radius 1 is 1.06 bits per heavy atom. The van der Waals surface area contributed by atoms with Gasteiger partial charge in [0.05, 0.1) is 36.4 Å². The Labute approximate surface area is 198 Å². The highest BCUT2D eigenvalue weighted by atomic mass is 16.5. The zero-order chi connectivity index (χ0) is 23.7. The van der Waals surface area contributed by atoms with Crippen molar-refractivity contribution in [2.45, 2.75) is 19.9 Å². The molecule has 0 saturated heterocycles. The lowest BCUT2D eigenvalue weighted by Gasteiger charge is -2.31. The van der Waals surface area contributed by atoms with Gasteiger partial charge in [0, 0.05) is 11.4 Å². The lowest BCUT2D eigenvalue weighted by atomic mass is 9.94. The Kier molecular flexibility index (Phi) is 5.67. The third kappa shape index (κ3) is 3.75. The number of hydrogen-bond acceptors (Lipinski definition) is 5. The molecule has 3 aromatic carbocycles. The standard InChI is InChI=1S/C27H26N4O3/c1-4-34-22-15-14-18(16-23(22)33-3)25-24(26(32)29-19-10-6-5-7-11-19)17(2)28-27-30-20-12-8-9-13-21(20)31(25)27/h5-16,25H,4H2,1-3H3,(H,28,30)(H,29,32)/t25-/m1/s1. The fourth-order valence-electron chi connectivity index (χ4n) is 4.42. The number of nitrogens with one attached hydrogen (secondary N) is 2. The van der Waals surface area contributed by atoms with Crippen LogP contribution in [0.5, 0.6) is 11.5 Å². The largest absolute Gasteiger partial charge is 0.493 e. The van der Waals surface area contributed by atoms with Crippen LogP contribution in [0.15, 0.2) is 84.1 Å². The molecule has 34 heavy (non-hydrogen) atoms. The number of amides is 1.